The predicted octanol–water partition coefficient (Wildman–Crippen LogP) is 1.47. The van der Waals surface area contributed by atoms with Crippen LogP contribution in [0.2, 0.25) is 0 Å². The molecule has 0 atom stereocenters. The van der Waals surface area contributed by atoms with Crippen molar-refractivity contribution < 1.29 is 14.5 Å². The first-order chi connectivity index (χ1) is 9.65. The van der Waals surface area contributed by atoms with Gasteiger partial charge in [-0.05, 0) is 41.7 Å². The van der Waals surface area contributed by atoms with E-state index in [0.717, 1.165) is 11.1 Å². The van der Waals surface area contributed by atoms with Crippen LogP contribution in [-0.4, -0.2) is 18.0 Å². The number of aryl methyl sites for hydroxylation is 1. The van der Waals surface area contributed by atoms with Crippen molar-refractivity contribution in [3.8, 4) is 0 Å². The van der Waals surface area contributed by atoms with Crippen LogP contribution in [0.5, 0.6) is 0 Å². The Kier molecular flexibility index (Phi) is 3.30. The highest BCUT2D eigenvalue weighted by molar-refractivity contribution is 6.61. The Hall–Kier alpha value is -2.11. The number of fused-ring (bicyclic) bond motifs is 1. The van der Waals surface area contributed by atoms with E-state index >= 15 is 0 Å². The molecule has 0 saturated heterocycles. The Morgan fingerprint density at radius 3 is 2.90 bits per heavy atom. The SMILES string of the molecule is Cc1ccccc1C(=O)Nc1ccc2c(c1)B(O)OC2. The molecular weight excluding hydrogens is 253 g/mol. The van der Waals surface area contributed by atoms with Crippen LogP contribution in [0.1, 0.15) is 21.5 Å². The van der Waals surface area contributed by atoms with Crippen LogP contribution in [0.25, 0.3) is 0 Å². The molecule has 0 aromatic heterocycles. The van der Waals surface area contributed by atoms with Crippen LogP contribution in [0, 0.1) is 6.92 Å². The van der Waals surface area contributed by atoms with E-state index < -0.39 is 7.12 Å². The molecule has 0 aliphatic carbocycles. The highest BCUT2D eigenvalue weighted by atomic mass is 16.5. The molecule has 2 aromatic carbocycles. The lowest BCUT2D eigenvalue weighted by Crippen LogP contribution is -2.28. The van der Waals surface area contributed by atoms with Gasteiger partial charge in [0.15, 0.2) is 0 Å². The molecule has 1 aliphatic heterocycles. The highest BCUT2D eigenvalue weighted by Gasteiger charge is 2.27. The zero-order valence-electron chi connectivity index (χ0n) is 11.1. The molecule has 100 valence electrons. The van der Waals surface area contributed by atoms with E-state index in [4.69, 9.17) is 4.65 Å². The topological polar surface area (TPSA) is 58.6 Å². The van der Waals surface area contributed by atoms with E-state index in [2.05, 4.69) is 5.32 Å². The molecule has 2 N–H and O–H groups in total. The summed E-state index contributed by atoms with van der Waals surface area (Å²) in [6.45, 7) is 2.30. The van der Waals surface area contributed by atoms with Crippen molar-refractivity contribution in [2.45, 2.75) is 13.5 Å². The molecule has 0 spiro atoms. The normalized spacial score (nSPS) is 13.2. The first kappa shape index (κ1) is 12.9. The standard InChI is InChI=1S/C15H14BNO3/c1-10-4-2-3-5-13(10)15(18)17-12-7-6-11-9-20-16(19)14(11)8-12/h2-8,19H,9H2,1H3,(H,17,18). The van der Waals surface area contributed by atoms with Crippen LogP contribution in [0.3, 0.4) is 0 Å². The van der Waals surface area contributed by atoms with Crippen LogP contribution in [0.15, 0.2) is 42.5 Å². The lowest BCUT2D eigenvalue weighted by Gasteiger charge is -2.09. The van der Waals surface area contributed by atoms with Crippen LogP contribution in [-0.2, 0) is 11.3 Å². The lowest BCUT2D eigenvalue weighted by atomic mass is 9.79. The molecule has 2 aromatic rings. The van der Waals surface area contributed by atoms with E-state index in [1.807, 2.05) is 37.3 Å². The Balaban J connectivity index is 1.84. The summed E-state index contributed by atoms with van der Waals surface area (Å²) in [5, 5.41) is 12.5. The molecule has 1 amide bonds. The molecular formula is C15H14BNO3. The van der Waals surface area contributed by atoms with Gasteiger partial charge < -0.3 is 15.0 Å². The summed E-state index contributed by atoms with van der Waals surface area (Å²) in [6, 6.07) is 12.8. The van der Waals surface area contributed by atoms with Gasteiger partial charge in [0, 0.05) is 11.3 Å². The van der Waals surface area contributed by atoms with Crippen molar-refractivity contribution in [1.29, 1.82) is 0 Å². The van der Waals surface area contributed by atoms with Crippen LogP contribution in [0.4, 0.5) is 5.69 Å². The molecule has 0 unspecified atom stereocenters. The number of hydrogen-bond acceptors (Lipinski definition) is 3. The maximum Gasteiger partial charge on any atom is 0.491 e. The average molecular weight is 267 g/mol. The fourth-order valence-corrected chi connectivity index (χ4v) is 2.32. The first-order valence-electron chi connectivity index (χ1n) is 6.44. The second-order valence-corrected chi connectivity index (χ2v) is 4.85. The van der Waals surface area contributed by atoms with Gasteiger partial charge in [0.2, 0.25) is 0 Å². The third-order valence-electron chi connectivity index (χ3n) is 3.46. The Morgan fingerprint density at radius 1 is 1.30 bits per heavy atom. The summed E-state index contributed by atoms with van der Waals surface area (Å²) >= 11 is 0. The number of rotatable bonds is 2. The van der Waals surface area contributed by atoms with Crippen molar-refractivity contribution in [3.05, 3.63) is 59.2 Å². The van der Waals surface area contributed by atoms with E-state index in [9.17, 15) is 9.82 Å². The second kappa shape index (κ2) is 5.11. The van der Waals surface area contributed by atoms with Gasteiger partial charge >= 0.3 is 7.12 Å². The minimum atomic E-state index is -0.902. The summed E-state index contributed by atoms with van der Waals surface area (Å²) in [4.78, 5) is 12.2. The van der Waals surface area contributed by atoms with Crippen LogP contribution < -0.4 is 10.8 Å². The molecule has 0 fully saturated rings. The number of nitrogens with one attached hydrogen (secondary N) is 1. The average Bonchev–Trinajstić information content (AvgIpc) is 2.81. The van der Waals surface area contributed by atoms with Gasteiger partial charge in [-0.3, -0.25) is 4.79 Å². The highest BCUT2D eigenvalue weighted by Crippen LogP contribution is 2.16. The summed E-state index contributed by atoms with van der Waals surface area (Å²) in [7, 11) is -0.902. The third-order valence-corrected chi connectivity index (χ3v) is 3.46. The van der Waals surface area contributed by atoms with E-state index in [1.54, 1.807) is 12.1 Å². The molecule has 5 heteroatoms. The number of anilines is 1. The quantitative estimate of drug-likeness (QED) is 0.810. The van der Waals surface area contributed by atoms with Crippen LogP contribution >= 0.6 is 0 Å². The van der Waals surface area contributed by atoms with Crippen molar-refractivity contribution in [1.82, 2.24) is 0 Å². The van der Waals surface area contributed by atoms with Gasteiger partial charge in [-0.15, -0.1) is 0 Å². The summed E-state index contributed by atoms with van der Waals surface area (Å²) < 4.78 is 5.13. The fraction of sp³-hybridized carbons (Fsp3) is 0.133. The predicted molar refractivity (Wildman–Crippen MR) is 78.0 cm³/mol. The zero-order chi connectivity index (χ0) is 14.1. The molecule has 3 rings (SSSR count). The molecule has 0 radical (unpaired) electrons. The maximum atomic E-state index is 12.2. The number of amides is 1. The number of benzene rings is 2. The van der Waals surface area contributed by atoms with Gasteiger partial charge in [0.1, 0.15) is 0 Å². The van der Waals surface area contributed by atoms with Gasteiger partial charge in [0.05, 0.1) is 6.61 Å². The van der Waals surface area contributed by atoms with Crippen molar-refractivity contribution >= 4 is 24.2 Å². The van der Waals surface area contributed by atoms with Gasteiger partial charge in [0.25, 0.3) is 5.91 Å². The molecule has 4 nitrogen and oxygen atoms in total. The van der Waals surface area contributed by atoms with Gasteiger partial charge in [-0.1, -0.05) is 24.3 Å². The minimum Gasteiger partial charge on any atom is -0.423 e. The van der Waals surface area contributed by atoms with Crippen molar-refractivity contribution in [3.63, 3.8) is 0 Å². The Labute approximate surface area is 117 Å². The summed E-state index contributed by atoms with van der Waals surface area (Å²) in [5.41, 5.74) is 3.89. The Bertz CT molecular complexity index is 672. The third kappa shape index (κ3) is 2.33. The number of hydrogen-bond donors (Lipinski definition) is 2. The largest absolute Gasteiger partial charge is 0.491 e. The lowest BCUT2D eigenvalue weighted by molar-refractivity contribution is 0.102. The van der Waals surface area contributed by atoms with Crippen molar-refractivity contribution in [2.75, 3.05) is 5.32 Å². The molecule has 20 heavy (non-hydrogen) atoms. The van der Waals surface area contributed by atoms with Gasteiger partial charge in [-0.25, -0.2) is 0 Å². The molecule has 0 saturated carbocycles. The zero-order valence-corrected chi connectivity index (χ0v) is 11.1. The molecule has 1 aliphatic rings. The minimum absolute atomic E-state index is 0.156. The second-order valence-electron chi connectivity index (χ2n) is 4.85. The van der Waals surface area contributed by atoms with E-state index in [1.165, 1.54) is 0 Å². The van der Waals surface area contributed by atoms with Gasteiger partial charge in [-0.2, -0.15) is 0 Å². The first-order valence-corrected chi connectivity index (χ1v) is 6.44. The summed E-state index contributed by atoms with van der Waals surface area (Å²) in [5.74, 6) is -0.156. The van der Waals surface area contributed by atoms with E-state index in [0.29, 0.717) is 23.3 Å². The maximum absolute atomic E-state index is 12.2. The number of carbonyl (C=O) groups excluding carboxylic acids is 1. The summed E-state index contributed by atoms with van der Waals surface area (Å²) in [6.07, 6.45) is 0. The smallest absolute Gasteiger partial charge is 0.423 e. The fourth-order valence-electron chi connectivity index (χ4n) is 2.32. The molecule has 0 bridgehead atoms. The number of carbonyl (C=O) groups is 1. The van der Waals surface area contributed by atoms with E-state index in [-0.39, 0.29) is 5.91 Å². The monoisotopic (exact) mass is 267 g/mol. The van der Waals surface area contributed by atoms with Crippen molar-refractivity contribution in [2.24, 2.45) is 0 Å². The Morgan fingerprint density at radius 2 is 2.10 bits per heavy atom. The molecule has 1 heterocycles.